The Morgan fingerprint density at radius 2 is 1.21 bits per heavy atom. The normalized spacial score (nSPS) is 11.3. The molecule has 0 fully saturated rings. The molecule has 0 spiro atoms. The third kappa shape index (κ3) is 2.61. The second-order valence-corrected chi connectivity index (χ2v) is 3.79. The van der Waals surface area contributed by atoms with Crippen LogP contribution >= 0.6 is 0 Å². The fourth-order valence-electron chi connectivity index (χ4n) is 1.75. The van der Waals surface area contributed by atoms with E-state index < -0.39 is 29.2 Å². The van der Waals surface area contributed by atoms with Gasteiger partial charge in [-0.2, -0.15) is 0 Å². The third-order valence-corrected chi connectivity index (χ3v) is 2.53. The van der Waals surface area contributed by atoms with Gasteiger partial charge in [0.05, 0.1) is 0 Å². The first-order valence-corrected chi connectivity index (χ1v) is 4.24. The maximum Gasteiger partial charge on any atom is 2.00 e. The molecule has 0 radical (unpaired) electrons. The molecule has 0 saturated carbocycles. The van der Waals surface area contributed by atoms with E-state index in [1.165, 1.54) is 0 Å². The molecule has 0 bridgehead atoms. The second-order valence-electron chi connectivity index (χ2n) is 3.79. The molecule has 0 aliphatic heterocycles. The van der Waals surface area contributed by atoms with Crippen LogP contribution in [0.4, 0.5) is 0 Å². The van der Waals surface area contributed by atoms with E-state index in [2.05, 4.69) is 0 Å². The molecule has 0 rings (SSSR count). The molecule has 0 heterocycles. The topological polar surface area (TPSA) is 74.6 Å². The smallest absolute Gasteiger partial charge is 1.00 e. The number of aliphatic carboxylic acids is 2. The molecule has 0 aromatic rings. The van der Waals surface area contributed by atoms with Gasteiger partial charge in [0.1, 0.15) is 0 Å². The Bertz CT molecular complexity index is 208. The van der Waals surface area contributed by atoms with Gasteiger partial charge in [0.15, 0.2) is 5.41 Å². The van der Waals surface area contributed by atoms with Gasteiger partial charge in [-0.05, 0) is 11.8 Å². The van der Waals surface area contributed by atoms with E-state index in [0.29, 0.717) is 0 Å². The van der Waals surface area contributed by atoms with E-state index >= 15 is 0 Å². The number of carboxylic acids is 2. The Hall–Kier alpha value is 0.200. The summed E-state index contributed by atoms with van der Waals surface area (Å²) in [5, 5.41) is 17.9. The van der Waals surface area contributed by atoms with Gasteiger partial charge in [0.25, 0.3) is 0 Å². The van der Waals surface area contributed by atoms with E-state index in [9.17, 15) is 9.59 Å². The number of carboxylic acid groups (broad SMARTS) is 2. The fraction of sp³-hybridized carbons (Fsp3) is 0.778. The van der Waals surface area contributed by atoms with Crippen LogP contribution in [0.1, 0.15) is 30.5 Å². The van der Waals surface area contributed by atoms with E-state index in [0.717, 1.165) is 0 Å². The summed E-state index contributed by atoms with van der Waals surface area (Å²) in [6, 6.07) is 0. The first-order valence-electron chi connectivity index (χ1n) is 4.24. The molecule has 0 amide bonds. The molecule has 0 aromatic heterocycles. The predicted octanol–water partition coefficient (Wildman–Crippen LogP) is 1.30. The van der Waals surface area contributed by atoms with Gasteiger partial charge in [0.2, 0.25) is 0 Å². The van der Waals surface area contributed by atoms with E-state index in [-0.39, 0.29) is 40.6 Å². The largest absolute Gasteiger partial charge is 2.00 e. The minimum absolute atomic E-state index is 0. The third-order valence-electron chi connectivity index (χ3n) is 2.53. The van der Waals surface area contributed by atoms with Crippen molar-refractivity contribution >= 4 is 49.7 Å². The number of hydrogen-bond acceptors (Lipinski definition) is 2. The quantitative estimate of drug-likeness (QED) is 0.564. The summed E-state index contributed by atoms with van der Waals surface area (Å²) in [5.74, 6) is -3.38. The Balaban J connectivity index is -0.000000240. The monoisotopic (exact) mass is 230 g/mol. The van der Waals surface area contributed by atoms with E-state index in [1.807, 2.05) is 0 Å². The summed E-state index contributed by atoms with van der Waals surface area (Å²) in [6.07, 6.45) is 0. The number of carbonyl (C=O) groups is 2. The molecule has 0 atom stereocenters. The molecular weight excluding hydrogens is 212 g/mol. The molecule has 0 aromatic carbocycles. The maximum absolute atomic E-state index is 11.0. The molecule has 2 N–H and O–H groups in total. The van der Waals surface area contributed by atoms with Crippen LogP contribution in [0, 0.1) is 17.3 Å². The van der Waals surface area contributed by atoms with Crippen molar-refractivity contribution in [2.75, 3.05) is 0 Å². The number of hydrogen-bond donors (Lipinski definition) is 2. The minimum atomic E-state index is -1.67. The van der Waals surface area contributed by atoms with Gasteiger partial charge in [-0.25, -0.2) is 0 Å². The van der Waals surface area contributed by atoms with Gasteiger partial charge in [-0.3, -0.25) is 9.59 Å². The van der Waals surface area contributed by atoms with E-state index in [4.69, 9.17) is 10.2 Å². The Labute approximate surface area is 117 Å². The van der Waals surface area contributed by atoms with Crippen LogP contribution in [-0.4, -0.2) is 59.9 Å². The summed E-state index contributed by atoms with van der Waals surface area (Å²) in [4.78, 5) is 21.9. The minimum Gasteiger partial charge on any atom is -1.00 e. The summed E-state index contributed by atoms with van der Waals surface area (Å²) in [6.45, 7) is 6.45. The van der Waals surface area contributed by atoms with Gasteiger partial charge < -0.3 is 13.1 Å². The van der Waals surface area contributed by atoms with E-state index in [1.54, 1.807) is 27.7 Å². The van der Waals surface area contributed by atoms with Gasteiger partial charge >= 0.3 is 49.7 Å². The summed E-state index contributed by atoms with van der Waals surface area (Å²) < 4.78 is 0. The maximum atomic E-state index is 11.0. The van der Waals surface area contributed by atoms with Crippen LogP contribution in [0.15, 0.2) is 0 Å². The first kappa shape index (κ1) is 16.6. The van der Waals surface area contributed by atoms with Crippen LogP contribution < -0.4 is 0 Å². The van der Waals surface area contributed by atoms with Gasteiger partial charge in [0, 0.05) is 0 Å². The van der Waals surface area contributed by atoms with Crippen LogP contribution in [0.25, 0.3) is 0 Å². The second kappa shape index (κ2) is 5.93. The van der Waals surface area contributed by atoms with Crippen LogP contribution in [0.3, 0.4) is 0 Å². The zero-order chi connectivity index (χ0) is 10.8. The number of rotatable bonds is 4. The average molecular weight is 230 g/mol. The Kier molecular flexibility index (Phi) is 7.04. The van der Waals surface area contributed by atoms with Gasteiger partial charge in [-0.1, -0.05) is 27.7 Å². The van der Waals surface area contributed by atoms with Gasteiger partial charge in [-0.15, -0.1) is 0 Å². The van der Waals surface area contributed by atoms with Crippen LogP contribution in [-0.2, 0) is 9.59 Å². The van der Waals surface area contributed by atoms with Crippen molar-refractivity contribution in [1.29, 1.82) is 0 Å². The molecule has 80 valence electrons. The molecule has 0 unspecified atom stereocenters. The molecule has 0 aliphatic carbocycles. The molecule has 5 heteroatoms. The molecular formula is C9H18CaO4. The Morgan fingerprint density at radius 3 is 1.21 bits per heavy atom. The van der Waals surface area contributed by atoms with Crippen molar-refractivity contribution in [2.24, 2.45) is 17.3 Å². The molecule has 0 aliphatic rings. The average Bonchev–Trinajstić information content (AvgIpc) is 1.82. The summed E-state index contributed by atoms with van der Waals surface area (Å²) in [5.41, 5.74) is -1.67. The predicted molar refractivity (Wildman–Crippen MR) is 55.4 cm³/mol. The van der Waals surface area contributed by atoms with Crippen molar-refractivity contribution in [3.05, 3.63) is 0 Å². The Morgan fingerprint density at radius 1 is 1.00 bits per heavy atom. The molecule has 4 nitrogen and oxygen atoms in total. The van der Waals surface area contributed by atoms with Crippen molar-refractivity contribution in [3.8, 4) is 0 Å². The summed E-state index contributed by atoms with van der Waals surface area (Å²) in [7, 11) is 0. The zero-order valence-electron chi connectivity index (χ0n) is 11.1. The standard InChI is InChI=1S/C9H16O4.Ca.2H/c1-5(2)9(6(3)4,7(10)11)8(12)13;;;/h5-6H,1-4H3,(H,10,11)(H,12,13);;;/q;+2;2*-1. The van der Waals surface area contributed by atoms with Crippen molar-refractivity contribution < 1.29 is 22.7 Å². The zero-order valence-corrected chi connectivity index (χ0v) is 11.3. The van der Waals surface area contributed by atoms with Crippen molar-refractivity contribution in [3.63, 3.8) is 0 Å². The van der Waals surface area contributed by atoms with Crippen molar-refractivity contribution in [2.45, 2.75) is 27.7 Å². The van der Waals surface area contributed by atoms with Crippen LogP contribution in [0.2, 0.25) is 0 Å². The summed E-state index contributed by atoms with van der Waals surface area (Å²) >= 11 is 0. The molecule has 14 heavy (non-hydrogen) atoms. The van der Waals surface area contributed by atoms with Crippen molar-refractivity contribution in [1.82, 2.24) is 0 Å². The van der Waals surface area contributed by atoms with Crippen LogP contribution in [0.5, 0.6) is 0 Å². The first-order chi connectivity index (χ1) is 5.77. The molecule has 0 saturated heterocycles. The SMILES string of the molecule is CC(C)C(C(=O)O)(C(=O)O)C(C)C.[Ca+2].[H-].[H-]. The fourth-order valence-corrected chi connectivity index (χ4v) is 1.75.